The third-order valence-corrected chi connectivity index (χ3v) is 3.58. The molecule has 0 atom stereocenters. The van der Waals surface area contributed by atoms with Crippen LogP contribution >= 0.6 is 23.7 Å². The molecule has 1 aliphatic heterocycles. The van der Waals surface area contributed by atoms with Crippen molar-refractivity contribution < 1.29 is 0 Å². The maximum Gasteiger partial charge on any atom is 0.254 e. The van der Waals surface area contributed by atoms with Gasteiger partial charge in [-0.25, -0.2) is 9.97 Å². The van der Waals surface area contributed by atoms with E-state index in [9.17, 15) is 4.79 Å². The van der Waals surface area contributed by atoms with Crippen LogP contribution in [-0.4, -0.2) is 21.5 Å². The molecule has 0 saturated carbocycles. The average molecular weight is 285 g/mol. The molecule has 2 N–H and O–H groups in total. The topological polar surface area (TPSA) is 70.7 Å². The number of hydrogen-bond acceptors (Lipinski definition) is 5. The Morgan fingerprint density at radius 2 is 2.22 bits per heavy atom. The fraction of sp³-hybridized carbons (Fsp3) is 0.364. The summed E-state index contributed by atoms with van der Waals surface area (Å²) in [7, 11) is 0. The summed E-state index contributed by atoms with van der Waals surface area (Å²) in [6, 6.07) is 0. The van der Waals surface area contributed by atoms with E-state index in [1.165, 1.54) is 0 Å². The quantitative estimate of drug-likeness (QED) is 0.827. The zero-order valence-electron chi connectivity index (χ0n) is 9.82. The van der Waals surface area contributed by atoms with Gasteiger partial charge in [0.1, 0.15) is 5.69 Å². The third kappa shape index (κ3) is 2.31. The summed E-state index contributed by atoms with van der Waals surface area (Å²) < 4.78 is 0. The van der Waals surface area contributed by atoms with Crippen LogP contribution in [0.25, 0.3) is 11.5 Å². The number of nitrogens with zero attached hydrogens (tertiary/aromatic N) is 2. The molecule has 7 heteroatoms. The van der Waals surface area contributed by atoms with Gasteiger partial charge in [0.05, 0.1) is 10.7 Å². The molecule has 0 aliphatic carbocycles. The molecular formula is C11H13ClN4OS. The zero-order valence-corrected chi connectivity index (χ0v) is 11.5. The summed E-state index contributed by atoms with van der Waals surface area (Å²) in [4.78, 5) is 23.6. The molecule has 0 radical (unpaired) electrons. The smallest absolute Gasteiger partial charge is 0.254 e. The lowest BCUT2D eigenvalue weighted by Crippen LogP contribution is -2.31. The predicted octanol–water partition coefficient (Wildman–Crippen LogP) is 1.27. The number of nitrogens with one attached hydrogen (secondary N) is 2. The highest BCUT2D eigenvalue weighted by atomic mass is 35.5. The summed E-state index contributed by atoms with van der Waals surface area (Å²) >= 11 is 1.55. The van der Waals surface area contributed by atoms with Crippen molar-refractivity contribution in [1.82, 2.24) is 20.3 Å². The number of aromatic nitrogens is 3. The molecule has 3 rings (SSSR count). The second-order valence-electron chi connectivity index (χ2n) is 4.02. The molecule has 2 aromatic heterocycles. The largest absolute Gasteiger partial charge is 0.311 e. The summed E-state index contributed by atoms with van der Waals surface area (Å²) in [5.41, 5.74) is 2.37. The standard InChI is InChI=1S/C11H12N4OS.ClH/c1-6-13-9(5-17-6)10-14-8-4-12-3-2-7(8)11(16)15-10;/h5,12H,2-4H2,1H3,(H,14,15,16);1H. The number of fused-ring (bicyclic) bond motifs is 1. The fourth-order valence-corrected chi connectivity index (χ4v) is 2.56. The molecule has 0 bridgehead atoms. The maximum atomic E-state index is 11.9. The first-order chi connectivity index (χ1) is 8.24. The van der Waals surface area contributed by atoms with Gasteiger partial charge in [-0.15, -0.1) is 23.7 Å². The van der Waals surface area contributed by atoms with Crippen LogP contribution in [0.1, 0.15) is 16.3 Å². The maximum absolute atomic E-state index is 11.9. The molecule has 0 aromatic carbocycles. The van der Waals surface area contributed by atoms with Gasteiger partial charge in [-0.2, -0.15) is 0 Å². The summed E-state index contributed by atoms with van der Waals surface area (Å²) in [6.07, 6.45) is 0.744. The van der Waals surface area contributed by atoms with E-state index in [1.807, 2.05) is 12.3 Å². The van der Waals surface area contributed by atoms with E-state index in [4.69, 9.17) is 0 Å². The number of H-pyrrole nitrogens is 1. The summed E-state index contributed by atoms with van der Waals surface area (Å²) in [6.45, 7) is 3.44. The van der Waals surface area contributed by atoms with Gasteiger partial charge in [-0.3, -0.25) is 4.79 Å². The Morgan fingerprint density at radius 3 is 2.94 bits per heavy atom. The molecule has 2 aromatic rings. The summed E-state index contributed by atoms with van der Waals surface area (Å²) in [5.74, 6) is 0.571. The summed E-state index contributed by atoms with van der Waals surface area (Å²) in [5, 5.41) is 6.10. The van der Waals surface area contributed by atoms with Crippen molar-refractivity contribution in [3.8, 4) is 11.5 Å². The lowest BCUT2D eigenvalue weighted by atomic mass is 10.1. The van der Waals surface area contributed by atoms with Crippen LogP contribution in [0, 0.1) is 6.92 Å². The van der Waals surface area contributed by atoms with Crippen LogP contribution in [0.3, 0.4) is 0 Å². The molecule has 5 nitrogen and oxygen atoms in total. The van der Waals surface area contributed by atoms with Crippen molar-refractivity contribution >= 4 is 23.7 Å². The van der Waals surface area contributed by atoms with Crippen molar-refractivity contribution in [1.29, 1.82) is 0 Å². The zero-order chi connectivity index (χ0) is 11.8. The highest BCUT2D eigenvalue weighted by molar-refractivity contribution is 7.09. The van der Waals surface area contributed by atoms with Crippen molar-refractivity contribution in [2.75, 3.05) is 6.54 Å². The Morgan fingerprint density at radius 1 is 1.39 bits per heavy atom. The van der Waals surface area contributed by atoms with Gasteiger partial charge in [0.15, 0.2) is 5.82 Å². The number of thiazole rings is 1. The van der Waals surface area contributed by atoms with Crippen molar-refractivity contribution in [3.05, 3.63) is 32.0 Å². The molecule has 0 spiro atoms. The van der Waals surface area contributed by atoms with E-state index in [0.29, 0.717) is 12.4 Å². The minimum Gasteiger partial charge on any atom is -0.311 e. The lowest BCUT2D eigenvalue weighted by molar-refractivity contribution is 0.619. The van der Waals surface area contributed by atoms with Crippen LogP contribution in [0.5, 0.6) is 0 Å². The number of hydrogen-bond donors (Lipinski definition) is 2. The highest BCUT2D eigenvalue weighted by Crippen LogP contribution is 2.18. The van der Waals surface area contributed by atoms with Crippen molar-refractivity contribution in [2.45, 2.75) is 19.9 Å². The van der Waals surface area contributed by atoms with Gasteiger partial charge < -0.3 is 10.3 Å². The second kappa shape index (κ2) is 5.17. The first kappa shape index (κ1) is 13.2. The molecular weight excluding hydrogens is 272 g/mol. The molecule has 0 amide bonds. The first-order valence-electron chi connectivity index (χ1n) is 5.49. The molecule has 3 heterocycles. The molecule has 18 heavy (non-hydrogen) atoms. The fourth-order valence-electron chi connectivity index (χ4n) is 1.96. The SMILES string of the molecule is Cc1nc(-c2nc3c(c(=O)[nH]2)CCNC3)cs1.Cl. The Bertz CT molecular complexity index is 622. The molecule has 96 valence electrons. The number of rotatable bonds is 1. The van der Waals surface area contributed by atoms with E-state index in [0.717, 1.165) is 34.9 Å². The first-order valence-corrected chi connectivity index (χ1v) is 6.37. The minimum absolute atomic E-state index is 0. The predicted molar refractivity (Wildman–Crippen MR) is 73.4 cm³/mol. The van der Waals surface area contributed by atoms with E-state index >= 15 is 0 Å². The third-order valence-electron chi connectivity index (χ3n) is 2.81. The Hall–Kier alpha value is -1.24. The number of halogens is 1. The minimum atomic E-state index is -0.0304. The number of aromatic amines is 1. The van der Waals surface area contributed by atoms with Gasteiger partial charge in [0, 0.05) is 17.5 Å². The van der Waals surface area contributed by atoms with E-state index < -0.39 is 0 Å². The molecule has 0 unspecified atom stereocenters. The van der Waals surface area contributed by atoms with Gasteiger partial charge in [0.2, 0.25) is 0 Å². The monoisotopic (exact) mass is 284 g/mol. The van der Waals surface area contributed by atoms with Crippen LogP contribution in [0.2, 0.25) is 0 Å². The molecule has 0 saturated heterocycles. The average Bonchev–Trinajstić information content (AvgIpc) is 2.76. The van der Waals surface area contributed by atoms with Gasteiger partial charge in [0.25, 0.3) is 5.56 Å². The molecule has 0 fully saturated rings. The van der Waals surface area contributed by atoms with Crippen molar-refractivity contribution in [2.24, 2.45) is 0 Å². The Kier molecular flexibility index (Phi) is 3.79. The van der Waals surface area contributed by atoms with Crippen LogP contribution in [0.4, 0.5) is 0 Å². The Balaban J connectivity index is 0.00000120. The normalized spacial score (nSPS) is 13.8. The van der Waals surface area contributed by atoms with Crippen LogP contribution < -0.4 is 10.9 Å². The Labute approximate surface area is 114 Å². The number of aryl methyl sites for hydroxylation is 1. The van der Waals surface area contributed by atoms with E-state index in [1.54, 1.807) is 11.3 Å². The van der Waals surface area contributed by atoms with Gasteiger partial charge in [-0.1, -0.05) is 0 Å². The highest BCUT2D eigenvalue weighted by Gasteiger charge is 2.16. The van der Waals surface area contributed by atoms with Gasteiger partial charge in [-0.05, 0) is 19.9 Å². The van der Waals surface area contributed by atoms with Crippen LogP contribution in [0.15, 0.2) is 10.2 Å². The lowest BCUT2D eigenvalue weighted by Gasteiger charge is -2.15. The van der Waals surface area contributed by atoms with Crippen molar-refractivity contribution in [3.63, 3.8) is 0 Å². The second-order valence-corrected chi connectivity index (χ2v) is 5.08. The molecule has 1 aliphatic rings. The van der Waals surface area contributed by atoms with Crippen LogP contribution in [-0.2, 0) is 13.0 Å². The van der Waals surface area contributed by atoms with Gasteiger partial charge >= 0.3 is 0 Å². The van der Waals surface area contributed by atoms with E-state index in [2.05, 4.69) is 20.3 Å². The van der Waals surface area contributed by atoms with E-state index in [-0.39, 0.29) is 18.0 Å².